The molecule has 6 nitrogen and oxygen atoms in total. The molecule has 1 aromatic carbocycles. The van der Waals surface area contributed by atoms with Gasteiger partial charge in [-0.2, -0.15) is 0 Å². The second-order valence-corrected chi connectivity index (χ2v) is 7.34. The second kappa shape index (κ2) is 10.4. The summed E-state index contributed by atoms with van der Waals surface area (Å²) in [4.78, 5) is 11.6. The van der Waals surface area contributed by atoms with E-state index in [9.17, 15) is 0 Å². The van der Waals surface area contributed by atoms with Gasteiger partial charge in [0, 0.05) is 59.9 Å². The third kappa shape index (κ3) is 6.50. The van der Waals surface area contributed by atoms with Crippen molar-refractivity contribution in [1.82, 2.24) is 20.0 Å². The molecule has 1 heterocycles. The van der Waals surface area contributed by atoms with Crippen molar-refractivity contribution in [2.45, 2.75) is 13.5 Å². The highest BCUT2D eigenvalue weighted by Crippen LogP contribution is 2.12. The van der Waals surface area contributed by atoms with Gasteiger partial charge in [0.05, 0.1) is 7.11 Å². The third-order valence-corrected chi connectivity index (χ3v) is 4.93. The summed E-state index contributed by atoms with van der Waals surface area (Å²) in [5.41, 5.74) is 1.24. The van der Waals surface area contributed by atoms with Crippen LogP contribution in [-0.2, 0) is 6.54 Å². The lowest BCUT2D eigenvalue weighted by molar-refractivity contribution is 0.139. The molecule has 0 bridgehead atoms. The first kappa shape index (κ1) is 20.5. The fourth-order valence-corrected chi connectivity index (χ4v) is 3.27. The Morgan fingerprint density at radius 1 is 1.23 bits per heavy atom. The summed E-state index contributed by atoms with van der Waals surface area (Å²) in [6.07, 6.45) is 0. The Bertz CT molecular complexity index is 552. The van der Waals surface area contributed by atoms with Crippen molar-refractivity contribution in [3.05, 3.63) is 29.8 Å². The van der Waals surface area contributed by atoms with E-state index in [-0.39, 0.29) is 0 Å². The molecule has 2 rings (SSSR count). The van der Waals surface area contributed by atoms with Crippen LogP contribution in [0.5, 0.6) is 5.75 Å². The van der Waals surface area contributed by atoms with Gasteiger partial charge < -0.3 is 24.8 Å². The Morgan fingerprint density at radius 3 is 2.46 bits per heavy atom. The van der Waals surface area contributed by atoms with Crippen molar-refractivity contribution in [2.24, 2.45) is 10.9 Å². The standard InChI is InChI=1S/C20H35N5O/c1-17(15-25-12-10-23(3)11-13-25)14-22-20(21-2)24(4)16-18-6-8-19(26-5)9-7-18/h6-9,17H,10-16H2,1-5H3,(H,21,22). The molecule has 1 aliphatic rings. The summed E-state index contributed by atoms with van der Waals surface area (Å²) in [6, 6.07) is 8.19. The molecule has 0 aliphatic carbocycles. The zero-order valence-corrected chi connectivity index (χ0v) is 17.0. The van der Waals surface area contributed by atoms with E-state index in [0.29, 0.717) is 5.92 Å². The molecule has 1 aromatic rings. The van der Waals surface area contributed by atoms with Crippen LogP contribution in [0.4, 0.5) is 0 Å². The van der Waals surface area contributed by atoms with Gasteiger partial charge >= 0.3 is 0 Å². The summed E-state index contributed by atoms with van der Waals surface area (Å²) >= 11 is 0. The lowest BCUT2D eigenvalue weighted by Gasteiger charge is -2.34. The Morgan fingerprint density at radius 2 is 1.88 bits per heavy atom. The number of methoxy groups -OCH3 is 1. The van der Waals surface area contributed by atoms with Crippen LogP contribution < -0.4 is 10.1 Å². The normalized spacial score (nSPS) is 17.8. The molecular weight excluding hydrogens is 326 g/mol. The van der Waals surface area contributed by atoms with Crippen molar-refractivity contribution in [3.63, 3.8) is 0 Å². The van der Waals surface area contributed by atoms with Gasteiger partial charge in [0.25, 0.3) is 0 Å². The van der Waals surface area contributed by atoms with Crippen molar-refractivity contribution >= 4 is 5.96 Å². The first-order valence-corrected chi connectivity index (χ1v) is 9.47. The number of nitrogens with one attached hydrogen (secondary N) is 1. The van der Waals surface area contributed by atoms with Gasteiger partial charge in [-0.05, 0) is 30.7 Å². The maximum Gasteiger partial charge on any atom is 0.193 e. The average molecular weight is 362 g/mol. The summed E-state index contributed by atoms with van der Waals surface area (Å²) in [5, 5.41) is 3.52. The quantitative estimate of drug-likeness (QED) is 0.590. The van der Waals surface area contributed by atoms with E-state index < -0.39 is 0 Å². The smallest absolute Gasteiger partial charge is 0.193 e. The predicted octanol–water partition coefficient (Wildman–Crippen LogP) is 1.59. The number of benzene rings is 1. The molecule has 0 spiro atoms. The van der Waals surface area contributed by atoms with Crippen LogP contribution in [0.2, 0.25) is 0 Å². The first-order chi connectivity index (χ1) is 12.5. The summed E-state index contributed by atoms with van der Waals surface area (Å²) in [6.45, 7) is 9.89. The molecule has 0 radical (unpaired) electrons. The second-order valence-electron chi connectivity index (χ2n) is 7.34. The summed E-state index contributed by atoms with van der Waals surface area (Å²) < 4.78 is 5.22. The van der Waals surface area contributed by atoms with Gasteiger partial charge in [0.1, 0.15) is 5.75 Å². The summed E-state index contributed by atoms with van der Waals surface area (Å²) in [7, 11) is 7.81. The fraction of sp³-hybridized carbons (Fsp3) is 0.650. The van der Waals surface area contributed by atoms with Gasteiger partial charge in [-0.1, -0.05) is 19.1 Å². The Labute approximate surface area is 158 Å². The highest BCUT2D eigenvalue weighted by atomic mass is 16.5. The molecule has 6 heteroatoms. The minimum atomic E-state index is 0.588. The molecule has 146 valence electrons. The van der Waals surface area contributed by atoms with Crippen molar-refractivity contribution in [2.75, 3.05) is 67.5 Å². The lowest BCUT2D eigenvalue weighted by atomic mass is 10.1. The van der Waals surface area contributed by atoms with Crippen LogP contribution >= 0.6 is 0 Å². The largest absolute Gasteiger partial charge is 0.497 e. The molecule has 0 amide bonds. The van der Waals surface area contributed by atoms with Gasteiger partial charge in [-0.3, -0.25) is 4.99 Å². The number of hydrogen-bond acceptors (Lipinski definition) is 4. The molecule has 1 fully saturated rings. The summed E-state index contributed by atoms with van der Waals surface area (Å²) in [5.74, 6) is 2.41. The van der Waals surface area contributed by atoms with Crippen LogP contribution in [0, 0.1) is 5.92 Å². The molecule has 1 N–H and O–H groups in total. The minimum Gasteiger partial charge on any atom is -0.497 e. The van der Waals surface area contributed by atoms with Gasteiger partial charge in [0.2, 0.25) is 0 Å². The Hall–Kier alpha value is -1.79. The van der Waals surface area contributed by atoms with E-state index in [1.165, 1.54) is 31.7 Å². The number of nitrogens with zero attached hydrogens (tertiary/aromatic N) is 4. The number of piperazine rings is 1. The number of aliphatic imine (C=N–C) groups is 1. The Kier molecular flexibility index (Phi) is 8.19. The SMILES string of the molecule is CN=C(NCC(C)CN1CCN(C)CC1)N(C)Cc1ccc(OC)cc1. The predicted molar refractivity (Wildman–Crippen MR) is 109 cm³/mol. The number of ether oxygens (including phenoxy) is 1. The highest BCUT2D eigenvalue weighted by Gasteiger charge is 2.16. The van der Waals surface area contributed by atoms with E-state index in [1.54, 1.807) is 7.11 Å². The molecule has 1 atom stereocenters. The van der Waals surface area contributed by atoms with E-state index in [1.807, 2.05) is 19.2 Å². The zero-order chi connectivity index (χ0) is 18.9. The van der Waals surface area contributed by atoms with E-state index in [2.05, 4.69) is 58.2 Å². The van der Waals surface area contributed by atoms with Gasteiger partial charge in [-0.15, -0.1) is 0 Å². The average Bonchev–Trinajstić information content (AvgIpc) is 2.64. The molecule has 0 aromatic heterocycles. The van der Waals surface area contributed by atoms with E-state index in [0.717, 1.165) is 31.3 Å². The zero-order valence-electron chi connectivity index (χ0n) is 17.0. The topological polar surface area (TPSA) is 43.3 Å². The first-order valence-electron chi connectivity index (χ1n) is 9.47. The monoisotopic (exact) mass is 361 g/mol. The van der Waals surface area contributed by atoms with E-state index in [4.69, 9.17) is 4.74 Å². The maximum absolute atomic E-state index is 5.22. The molecule has 1 unspecified atom stereocenters. The van der Waals surface area contributed by atoms with Gasteiger partial charge in [0.15, 0.2) is 5.96 Å². The van der Waals surface area contributed by atoms with Crippen molar-refractivity contribution in [1.29, 1.82) is 0 Å². The van der Waals surface area contributed by atoms with Crippen molar-refractivity contribution in [3.8, 4) is 5.75 Å². The van der Waals surface area contributed by atoms with Crippen LogP contribution in [0.25, 0.3) is 0 Å². The van der Waals surface area contributed by atoms with Crippen molar-refractivity contribution < 1.29 is 4.74 Å². The van der Waals surface area contributed by atoms with Crippen LogP contribution in [0.15, 0.2) is 29.3 Å². The molecule has 26 heavy (non-hydrogen) atoms. The van der Waals surface area contributed by atoms with E-state index >= 15 is 0 Å². The number of likely N-dealkylation sites (N-methyl/N-ethyl adjacent to an activating group) is 1. The highest BCUT2D eigenvalue weighted by molar-refractivity contribution is 5.79. The van der Waals surface area contributed by atoms with Crippen LogP contribution in [0.1, 0.15) is 12.5 Å². The molecule has 0 saturated carbocycles. The molecular formula is C20H35N5O. The Balaban J connectivity index is 1.76. The fourth-order valence-electron chi connectivity index (χ4n) is 3.27. The number of hydrogen-bond donors (Lipinski definition) is 1. The molecule has 1 aliphatic heterocycles. The number of rotatable bonds is 7. The number of guanidine groups is 1. The minimum absolute atomic E-state index is 0.588. The molecule has 1 saturated heterocycles. The van der Waals surface area contributed by atoms with Gasteiger partial charge in [-0.25, -0.2) is 0 Å². The van der Waals surface area contributed by atoms with Crippen LogP contribution in [0.3, 0.4) is 0 Å². The third-order valence-electron chi connectivity index (χ3n) is 4.93. The van der Waals surface area contributed by atoms with Crippen LogP contribution in [-0.4, -0.2) is 88.2 Å². The lowest BCUT2D eigenvalue weighted by Crippen LogP contribution is -2.47. The maximum atomic E-state index is 5.22.